The zero-order valence-electron chi connectivity index (χ0n) is 11.4. The quantitative estimate of drug-likeness (QED) is 0.620. The third-order valence-corrected chi connectivity index (χ3v) is 2.52. The van der Waals surface area contributed by atoms with Gasteiger partial charge < -0.3 is 10.1 Å². The summed E-state index contributed by atoms with van der Waals surface area (Å²) in [5.41, 5.74) is 3.79. The molecule has 0 bridgehead atoms. The van der Waals surface area contributed by atoms with Gasteiger partial charge in [-0.25, -0.2) is 0 Å². The highest BCUT2D eigenvalue weighted by atomic mass is 16.5. The molecular formula is C15H21NO2. The van der Waals surface area contributed by atoms with Crippen LogP contribution in [-0.4, -0.2) is 25.7 Å². The number of hydrogen-bond donors (Lipinski definition) is 1. The summed E-state index contributed by atoms with van der Waals surface area (Å²) in [5.74, 6) is -0.0462. The van der Waals surface area contributed by atoms with Gasteiger partial charge >= 0.3 is 0 Å². The van der Waals surface area contributed by atoms with Crippen molar-refractivity contribution in [3.8, 4) is 0 Å². The molecule has 98 valence electrons. The Hall–Kier alpha value is -1.61. The van der Waals surface area contributed by atoms with E-state index in [0.717, 1.165) is 22.3 Å². The first-order valence-electron chi connectivity index (χ1n) is 6.08. The Bertz CT molecular complexity index is 438. The van der Waals surface area contributed by atoms with Gasteiger partial charge in [0, 0.05) is 12.1 Å². The minimum absolute atomic E-state index is 0.0462. The maximum Gasteiger partial charge on any atom is 0.251 e. The van der Waals surface area contributed by atoms with Crippen LogP contribution < -0.4 is 5.32 Å². The molecule has 1 amide bonds. The van der Waals surface area contributed by atoms with Crippen molar-refractivity contribution in [1.82, 2.24) is 5.32 Å². The van der Waals surface area contributed by atoms with E-state index in [0.29, 0.717) is 19.8 Å². The number of nitrogens with one attached hydrogen (secondary N) is 1. The fourth-order valence-electron chi connectivity index (χ4n) is 1.56. The molecule has 18 heavy (non-hydrogen) atoms. The number of carbonyl (C=O) groups excluding carboxylic acids is 1. The van der Waals surface area contributed by atoms with Crippen LogP contribution >= 0.6 is 0 Å². The Morgan fingerprint density at radius 2 is 2.11 bits per heavy atom. The smallest absolute Gasteiger partial charge is 0.251 e. The number of aryl methyl sites for hydroxylation is 2. The summed E-state index contributed by atoms with van der Waals surface area (Å²) in [5, 5.41) is 2.85. The molecule has 0 radical (unpaired) electrons. The molecule has 0 unspecified atom stereocenters. The van der Waals surface area contributed by atoms with Crippen molar-refractivity contribution in [2.75, 3.05) is 19.8 Å². The second-order valence-electron chi connectivity index (χ2n) is 4.58. The van der Waals surface area contributed by atoms with E-state index >= 15 is 0 Å². The largest absolute Gasteiger partial charge is 0.375 e. The van der Waals surface area contributed by atoms with Gasteiger partial charge in [-0.05, 0) is 32.4 Å². The predicted molar refractivity (Wildman–Crippen MR) is 73.9 cm³/mol. The average Bonchev–Trinajstić information content (AvgIpc) is 2.31. The molecule has 1 rings (SSSR count). The first-order valence-corrected chi connectivity index (χ1v) is 6.08. The van der Waals surface area contributed by atoms with E-state index in [4.69, 9.17) is 4.74 Å². The van der Waals surface area contributed by atoms with Crippen LogP contribution in [0.2, 0.25) is 0 Å². The highest BCUT2D eigenvalue weighted by Crippen LogP contribution is 2.10. The summed E-state index contributed by atoms with van der Waals surface area (Å²) in [6.45, 7) is 11.1. The van der Waals surface area contributed by atoms with E-state index in [2.05, 4.69) is 11.9 Å². The molecule has 0 saturated heterocycles. The Morgan fingerprint density at radius 1 is 1.39 bits per heavy atom. The molecule has 1 aromatic rings. The average molecular weight is 247 g/mol. The molecule has 0 aliphatic carbocycles. The van der Waals surface area contributed by atoms with Crippen LogP contribution in [0.5, 0.6) is 0 Å². The lowest BCUT2D eigenvalue weighted by atomic mass is 10.1. The van der Waals surface area contributed by atoms with Crippen LogP contribution in [0.1, 0.15) is 28.4 Å². The number of carbonyl (C=O) groups is 1. The molecule has 0 atom stereocenters. The summed E-state index contributed by atoms with van der Waals surface area (Å²) in [7, 11) is 0. The highest BCUT2D eigenvalue weighted by molar-refractivity contribution is 5.95. The molecular weight excluding hydrogens is 226 g/mol. The number of ether oxygens (including phenoxy) is 1. The van der Waals surface area contributed by atoms with Crippen molar-refractivity contribution in [3.63, 3.8) is 0 Å². The fourth-order valence-corrected chi connectivity index (χ4v) is 1.56. The third-order valence-electron chi connectivity index (χ3n) is 2.52. The van der Waals surface area contributed by atoms with Crippen LogP contribution in [0.3, 0.4) is 0 Å². The Labute approximate surface area is 109 Å². The maximum atomic E-state index is 11.9. The minimum atomic E-state index is -0.0462. The van der Waals surface area contributed by atoms with Crippen LogP contribution in [-0.2, 0) is 4.74 Å². The van der Waals surface area contributed by atoms with E-state index in [1.54, 1.807) is 0 Å². The van der Waals surface area contributed by atoms with Crippen molar-refractivity contribution in [1.29, 1.82) is 0 Å². The van der Waals surface area contributed by atoms with Crippen molar-refractivity contribution >= 4 is 5.91 Å². The van der Waals surface area contributed by atoms with Crippen molar-refractivity contribution in [2.24, 2.45) is 0 Å². The van der Waals surface area contributed by atoms with Crippen molar-refractivity contribution < 1.29 is 9.53 Å². The third kappa shape index (κ3) is 4.72. The van der Waals surface area contributed by atoms with Crippen LogP contribution in [0, 0.1) is 13.8 Å². The molecule has 1 aromatic carbocycles. The topological polar surface area (TPSA) is 38.3 Å². The second kappa shape index (κ2) is 6.97. The molecule has 0 heterocycles. The number of hydrogen-bond acceptors (Lipinski definition) is 2. The van der Waals surface area contributed by atoms with Crippen molar-refractivity contribution in [3.05, 3.63) is 47.0 Å². The molecule has 0 spiro atoms. The van der Waals surface area contributed by atoms with E-state index in [1.807, 2.05) is 39.0 Å². The Kier molecular flexibility index (Phi) is 5.59. The molecule has 0 fully saturated rings. The zero-order valence-corrected chi connectivity index (χ0v) is 11.4. The van der Waals surface area contributed by atoms with Gasteiger partial charge in [0.05, 0.1) is 13.2 Å². The van der Waals surface area contributed by atoms with Crippen LogP contribution in [0.25, 0.3) is 0 Å². The van der Waals surface area contributed by atoms with E-state index in [-0.39, 0.29) is 5.91 Å². The van der Waals surface area contributed by atoms with Gasteiger partial charge in [-0.2, -0.15) is 0 Å². The summed E-state index contributed by atoms with van der Waals surface area (Å²) >= 11 is 0. The Morgan fingerprint density at radius 3 is 2.78 bits per heavy atom. The molecule has 3 nitrogen and oxygen atoms in total. The first-order chi connectivity index (χ1) is 8.50. The standard InChI is InChI=1S/C15H21NO2/c1-11(2)10-18-8-7-16-15(17)14-9-12(3)5-6-13(14)4/h5-6,9H,1,7-8,10H2,2-4H3,(H,16,17). The van der Waals surface area contributed by atoms with Gasteiger partial charge in [-0.1, -0.05) is 29.8 Å². The van der Waals surface area contributed by atoms with Crippen LogP contribution in [0.15, 0.2) is 30.4 Å². The predicted octanol–water partition coefficient (Wildman–Crippen LogP) is 2.63. The van der Waals surface area contributed by atoms with Crippen molar-refractivity contribution in [2.45, 2.75) is 20.8 Å². The molecule has 1 N–H and O–H groups in total. The molecule has 0 aliphatic heterocycles. The fraction of sp³-hybridized carbons (Fsp3) is 0.400. The van der Waals surface area contributed by atoms with Gasteiger partial charge in [0.15, 0.2) is 0 Å². The first kappa shape index (κ1) is 14.5. The number of benzene rings is 1. The molecule has 0 aliphatic rings. The van der Waals surface area contributed by atoms with Gasteiger partial charge in [0.2, 0.25) is 0 Å². The SMILES string of the molecule is C=C(C)COCCNC(=O)c1cc(C)ccc1C. The number of amides is 1. The van der Waals surface area contributed by atoms with E-state index < -0.39 is 0 Å². The maximum absolute atomic E-state index is 11.9. The van der Waals surface area contributed by atoms with Gasteiger partial charge in [-0.3, -0.25) is 4.79 Å². The van der Waals surface area contributed by atoms with E-state index in [9.17, 15) is 4.79 Å². The summed E-state index contributed by atoms with van der Waals surface area (Å²) in [6, 6.07) is 5.86. The number of rotatable bonds is 6. The summed E-state index contributed by atoms with van der Waals surface area (Å²) in [6.07, 6.45) is 0. The molecule has 0 saturated carbocycles. The van der Waals surface area contributed by atoms with Gasteiger partial charge in [0.25, 0.3) is 5.91 Å². The monoisotopic (exact) mass is 247 g/mol. The summed E-state index contributed by atoms with van der Waals surface area (Å²) < 4.78 is 5.32. The van der Waals surface area contributed by atoms with Crippen LogP contribution in [0.4, 0.5) is 0 Å². The van der Waals surface area contributed by atoms with Gasteiger partial charge in [0.1, 0.15) is 0 Å². The van der Waals surface area contributed by atoms with E-state index in [1.165, 1.54) is 0 Å². The lowest BCUT2D eigenvalue weighted by molar-refractivity contribution is 0.0926. The highest BCUT2D eigenvalue weighted by Gasteiger charge is 2.08. The molecule has 0 aromatic heterocycles. The van der Waals surface area contributed by atoms with Gasteiger partial charge in [-0.15, -0.1) is 0 Å². The Balaban J connectivity index is 2.41. The normalized spacial score (nSPS) is 10.2. The second-order valence-corrected chi connectivity index (χ2v) is 4.58. The molecule has 3 heteroatoms. The lowest BCUT2D eigenvalue weighted by Crippen LogP contribution is -2.28. The zero-order chi connectivity index (χ0) is 13.5. The summed E-state index contributed by atoms with van der Waals surface area (Å²) in [4.78, 5) is 11.9. The lowest BCUT2D eigenvalue weighted by Gasteiger charge is -2.09. The minimum Gasteiger partial charge on any atom is -0.375 e.